The van der Waals surface area contributed by atoms with E-state index in [1.807, 2.05) is 18.2 Å². The molecule has 2 aromatic rings. The molecule has 3 N–H and O–H groups in total. The van der Waals surface area contributed by atoms with Crippen molar-refractivity contribution in [2.75, 3.05) is 12.5 Å². The number of nitrogens with zero attached hydrogens (tertiary/aromatic N) is 2. The molecule has 0 fully saturated rings. The SMILES string of the molecule is CC(c1cccs1)N(C)Cc1cccc(NN)n1. The highest BCUT2D eigenvalue weighted by Crippen LogP contribution is 2.24. The topological polar surface area (TPSA) is 54.2 Å². The fourth-order valence-electron chi connectivity index (χ4n) is 1.79. The molecule has 0 saturated carbocycles. The Hall–Kier alpha value is -1.43. The van der Waals surface area contributed by atoms with Gasteiger partial charge in [-0.1, -0.05) is 12.1 Å². The molecule has 0 aliphatic rings. The maximum absolute atomic E-state index is 5.36. The van der Waals surface area contributed by atoms with Crippen molar-refractivity contribution in [2.24, 2.45) is 5.84 Å². The molecule has 5 heteroatoms. The molecule has 18 heavy (non-hydrogen) atoms. The lowest BCUT2D eigenvalue weighted by atomic mass is 10.2. The first-order chi connectivity index (χ1) is 8.70. The Labute approximate surface area is 111 Å². The molecular weight excluding hydrogens is 244 g/mol. The Balaban J connectivity index is 2.04. The van der Waals surface area contributed by atoms with Gasteiger partial charge in [0.1, 0.15) is 5.82 Å². The van der Waals surface area contributed by atoms with E-state index in [1.54, 1.807) is 11.3 Å². The van der Waals surface area contributed by atoms with Crippen LogP contribution in [0.15, 0.2) is 35.7 Å². The lowest BCUT2D eigenvalue weighted by Gasteiger charge is -2.23. The van der Waals surface area contributed by atoms with E-state index >= 15 is 0 Å². The van der Waals surface area contributed by atoms with Gasteiger partial charge in [-0.25, -0.2) is 10.8 Å². The molecule has 0 saturated heterocycles. The van der Waals surface area contributed by atoms with Gasteiger partial charge >= 0.3 is 0 Å². The molecule has 0 spiro atoms. The smallest absolute Gasteiger partial charge is 0.140 e. The number of rotatable bonds is 5. The lowest BCUT2D eigenvalue weighted by molar-refractivity contribution is 0.253. The number of aromatic nitrogens is 1. The maximum atomic E-state index is 5.36. The van der Waals surface area contributed by atoms with Gasteiger partial charge in [-0.3, -0.25) is 4.90 Å². The second kappa shape index (κ2) is 5.95. The summed E-state index contributed by atoms with van der Waals surface area (Å²) in [6.45, 7) is 3.01. The second-order valence-corrected chi connectivity index (χ2v) is 5.24. The van der Waals surface area contributed by atoms with Crippen LogP contribution in [0.25, 0.3) is 0 Å². The molecule has 1 atom stereocenters. The number of pyridine rings is 1. The first kappa shape index (κ1) is 13.0. The second-order valence-electron chi connectivity index (χ2n) is 4.27. The normalized spacial score (nSPS) is 12.7. The third-order valence-corrected chi connectivity index (χ3v) is 4.02. The third-order valence-electron chi connectivity index (χ3n) is 2.98. The first-order valence-electron chi connectivity index (χ1n) is 5.87. The highest BCUT2D eigenvalue weighted by Gasteiger charge is 2.13. The average molecular weight is 262 g/mol. The van der Waals surface area contributed by atoms with Crippen LogP contribution in [-0.4, -0.2) is 16.9 Å². The Morgan fingerprint density at radius 1 is 1.39 bits per heavy atom. The molecule has 0 amide bonds. The molecule has 0 radical (unpaired) electrons. The zero-order valence-electron chi connectivity index (χ0n) is 10.6. The number of hydrazine groups is 1. The van der Waals surface area contributed by atoms with Crippen molar-refractivity contribution in [1.29, 1.82) is 0 Å². The van der Waals surface area contributed by atoms with Crippen molar-refractivity contribution < 1.29 is 0 Å². The minimum absolute atomic E-state index is 0.390. The van der Waals surface area contributed by atoms with Crippen LogP contribution in [0.3, 0.4) is 0 Å². The summed E-state index contributed by atoms with van der Waals surface area (Å²) in [6, 6.07) is 10.5. The quantitative estimate of drug-likeness (QED) is 0.642. The van der Waals surface area contributed by atoms with Gasteiger partial charge in [0, 0.05) is 17.5 Å². The van der Waals surface area contributed by atoms with Crippen LogP contribution < -0.4 is 11.3 Å². The summed E-state index contributed by atoms with van der Waals surface area (Å²) in [7, 11) is 2.11. The van der Waals surface area contributed by atoms with E-state index in [4.69, 9.17) is 5.84 Å². The van der Waals surface area contributed by atoms with Crippen molar-refractivity contribution >= 4 is 17.2 Å². The maximum Gasteiger partial charge on any atom is 0.140 e. The summed E-state index contributed by atoms with van der Waals surface area (Å²) in [5, 5.41) is 2.11. The van der Waals surface area contributed by atoms with Gasteiger partial charge in [0.25, 0.3) is 0 Å². The van der Waals surface area contributed by atoms with Crippen LogP contribution in [0, 0.1) is 0 Å². The van der Waals surface area contributed by atoms with Crippen LogP contribution in [0.1, 0.15) is 23.5 Å². The van der Waals surface area contributed by atoms with E-state index < -0.39 is 0 Å². The van der Waals surface area contributed by atoms with E-state index in [-0.39, 0.29) is 0 Å². The molecule has 0 aliphatic heterocycles. The van der Waals surface area contributed by atoms with Gasteiger partial charge in [0.2, 0.25) is 0 Å². The molecule has 4 nitrogen and oxygen atoms in total. The highest BCUT2D eigenvalue weighted by atomic mass is 32.1. The number of hydrogen-bond acceptors (Lipinski definition) is 5. The first-order valence-corrected chi connectivity index (χ1v) is 6.75. The van der Waals surface area contributed by atoms with Crippen LogP contribution >= 0.6 is 11.3 Å². The van der Waals surface area contributed by atoms with Gasteiger partial charge < -0.3 is 5.43 Å². The van der Waals surface area contributed by atoms with Crippen LogP contribution in [-0.2, 0) is 6.54 Å². The van der Waals surface area contributed by atoms with Gasteiger partial charge in [-0.05, 0) is 37.6 Å². The van der Waals surface area contributed by atoms with E-state index in [0.717, 1.165) is 12.2 Å². The predicted molar refractivity (Wildman–Crippen MR) is 76.2 cm³/mol. The van der Waals surface area contributed by atoms with E-state index in [0.29, 0.717) is 11.9 Å². The summed E-state index contributed by atoms with van der Waals surface area (Å²) in [5.74, 6) is 6.06. The molecule has 2 aromatic heterocycles. The number of nitrogen functional groups attached to an aromatic ring is 1. The van der Waals surface area contributed by atoms with Gasteiger partial charge in [-0.15, -0.1) is 11.3 Å². The van der Waals surface area contributed by atoms with E-state index in [9.17, 15) is 0 Å². The number of nitrogens with two attached hydrogens (primary N) is 1. The average Bonchev–Trinajstić information content (AvgIpc) is 2.92. The Morgan fingerprint density at radius 3 is 2.89 bits per heavy atom. The molecule has 2 rings (SSSR count). The van der Waals surface area contributed by atoms with Crippen molar-refractivity contribution in [3.63, 3.8) is 0 Å². The molecule has 1 unspecified atom stereocenters. The Morgan fingerprint density at radius 2 is 2.22 bits per heavy atom. The van der Waals surface area contributed by atoms with Crippen LogP contribution in [0.4, 0.5) is 5.82 Å². The summed E-state index contributed by atoms with van der Waals surface area (Å²) in [4.78, 5) is 8.06. The summed E-state index contributed by atoms with van der Waals surface area (Å²) >= 11 is 1.78. The predicted octanol–water partition coefficient (Wildman–Crippen LogP) is 2.62. The van der Waals surface area contributed by atoms with Gasteiger partial charge in [0.05, 0.1) is 5.69 Å². The molecule has 0 aliphatic carbocycles. The van der Waals surface area contributed by atoms with Gasteiger partial charge in [-0.2, -0.15) is 0 Å². The number of thiophene rings is 1. The molecule has 0 aromatic carbocycles. The molecule has 2 heterocycles. The minimum Gasteiger partial charge on any atom is -0.308 e. The fraction of sp³-hybridized carbons (Fsp3) is 0.308. The monoisotopic (exact) mass is 262 g/mol. The Kier molecular flexibility index (Phi) is 4.30. The summed E-state index contributed by atoms with van der Waals surface area (Å²) in [5.41, 5.74) is 3.58. The van der Waals surface area contributed by atoms with E-state index in [2.05, 4.69) is 46.8 Å². The van der Waals surface area contributed by atoms with Gasteiger partial charge in [0.15, 0.2) is 0 Å². The largest absolute Gasteiger partial charge is 0.308 e. The number of nitrogens with one attached hydrogen (secondary N) is 1. The van der Waals surface area contributed by atoms with Crippen molar-refractivity contribution in [3.05, 3.63) is 46.3 Å². The summed E-state index contributed by atoms with van der Waals surface area (Å²) < 4.78 is 0. The third kappa shape index (κ3) is 3.07. The van der Waals surface area contributed by atoms with Crippen molar-refractivity contribution in [3.8, 4) is 0 Å². The van der Waals surface area contributed by atoms with Crippen molar-refractivity contribution in [1.82, 2.24) is 9.88 Å². The zero-order chi connectivity index (χ0) is 13.0. The van der Waals surface area contributed by atoms with E-state index in [1.165, 1.54) is 4.88 Å². The van der Waals surface area contributed by atoms with Crippen LogP contribution in [0.2, 0.25) is 0 Å². The zero-order valence-corrected chi connectivity index (χ0v) is 11.4. The molecular formula is C13H18N4S. The van der Waals surface area contributed by atoms with Crippen molar-refractivity contribution in [2.45, 2.75) is 19.5 Å². The molecule has 0 bridgehead atoms. The Bertz CT molecular complexity index is 483. The summed E-state index contributed by atoms with van der Waals surface area (Å²) in [6.07, 6.45) is 0. The number of hydrogen-bond donors (Lipinski definition) is 2. The standard InChI is InChI=1S/C13H18N4S/c1-10(12-6-4-8-18-12)17(2)9-11-5-3-7-13(15-11)16-14/h3-8,10H,9,14H2,1-2H3,(H,15,16). The van der Waals surface area contributed by atoms with Crippen LogP contribution in [0.5, 0.6) is 0 Å². The fourth-order valence-corrected chi connectivity index (χ4v) is 2.63. The minimum atomic E-state index is 0.390. The number of anilines is 1. The molecule has 96 valence electrons. The lowest BCUT2D eigenvalue weighted by Crippen LogP contribution is -2.22. The highest BCUT2D eigenvalue weighted by molar-refractivity contribution is 7.10.